The molecule has 1 aromatic rings. The van der Waals surface area contributed by atoms with E-state index in [1.165, 1.54) is 6.20 Å². The Bertz CT molecular complexity index is 696. The number of nitrogens with one attached hydrogen (secondary N) is 2. The summed E-state index contributed by atoms with van der Waals surface area (Å²) in [5.41, 5.74) is 0.537. The largest absolute Gasteiger partial charge is 0.468 e. The molecule has 0 aromatic carbocycles. The van der Waals surface area contributed by atoms with Gasteiger partial charge in [-0.1, -0.05) is 26.8 Å². The van der Waals surface area contributed by atoms with Gasteiger partial charge >= 0.3 is 6.18 Å². The molecule has 0 spiro atoms. The molecular formula is C21H34F3IN4O2. The number of aliphatic imine (C=N–C) groups is 1. The fourth-order valence-electron chi connectivity index (χ4n) is 3.57. The zero-order valence-corrected chi connectivity index (χ0v) is 20.9. The van der Waals surface area contributed by atoms with E-state index in [4.69, 9.17) is 9.47 Å². The molecule has 6 nitrogen and oxygen atoms in total. The summed E-state index contributed by atoms with van der Waals surface area (Å²) in [5, 5.41) is 6.53. The maximum Gasteiger partial charge on any atom is 0.422 e. The van der Waals surface area contributed by atoms with Gasteiger partial charge in [-0.25, -0.2) is 9.98 Å². The van der Waals surface area contributed by atoms with Gasteiger partial charge in [-0.15, -0.1) is 24.0 Å². The summed E-state index contributed by atoms with van der Waals surface area (Å²) >= 11 is 0. The molecule has 2 rings (SSSR count). The van der Waals surface area contributed by atoms with E-state index in [0.717, 1.165) is 19.4 Å². The van der Waals surface area contributed by atoms with Gasteiger partial charge in [0.05, 0.1) is 12.6 Å². The van der Waals surface area contributed by atoms with Crippen LogP contribution in [0.15, 0.2) is 23.3 Å². The first-order chi connectivity index (χ1) is 14.1. The molecule has 1 aromatic heterocycles. The molecule has 0 radical (unpaired) electrons. The van der Waals surface area contributed by atoms with E-state index in [-0.39, 0.29) is 47.9 Å². The molecular weight excluding hydrogens is 524 g/mol. The van der Waals surface area contributed by atoms with Crippen LogP contribution in [0.2, 0.25) is 0 Å². The van der Waals surface area contributed by atoms with Crippen molar-refractivity contribution in [2.75, 3.05) is 26.3 Å². The minimum absolute atomic E-state index is 0. The van der Waals surface area contributed by atoms with Crippen molar-refractivity contribution >= 4 is 29.9 Å². The van der Waals surface area contributed by atoms with E-state index in [1.807, 2.05) is 6.92 Å². The van der Waals surface area contributed by atoms with Crippen LogP contribution in [-0.4, -0.2) is 49.5 Å². The molecule has 0 bridgehead atoms. The van der Waals surface area contributed by atoms with Crippen LogP contribution < -0.4 is 15.4 Å². The van der Waals surface area contributed by atoms with Crippen LogP contribution in [0.4, 0.5) is 13.2 Å². The van der Waals surface area contributed by atoms with Gasteiger partial charge in [0.1, 0.15) is 0 Å². The third-order valence-electron chi connectivity index (χ3n) is 4.80. The summed E-state index contributed by atoms with van der Waals surface area (Å²) in [6, 6.07) is 3.31. The van der Waals surface area contributed by atoms with Crippen molar-refractivity contribution in [3.63, 3.8) is 0 Å². The number of hydrogen-bond acceptors (Lipinski definition) is 4. The highest BCUT2D eigenvalue weighted by Crippen LogP contribution is 2.33. The second-order valence-corrected chi connectivity index (χ2v) is 8.51. The van der Waals surface area contributed by atoms with Gasteiger partial charge in [-0.05, 0) is 31.2 Å². The molecule has 1 fully saturated rings. The summed E-state index contributed by atoms with van der Waals surface area (Å²) < 4.78 is 48.3. The Balaban J connectivity index is 0.00000480. The van der Waals surface area contributed by atoms with Gasteiger partial charge in [0, 0.05) is 37.4 Å². The molecule has 10 heteroatoms. The summed E-state index contributed by atoms with van der Waals surface area (Å²) in [6.45, 7) is 9.43. The minimum Gasteiger partial charge on any atom is -0.468 e. The molecule has 1 aliphatic heterocycles. The SMILES string of the molecule is CCNC(=NCc1cccnc1OCC(F)(F)F)NCC1CCCOC1C(C)(C)C.I. The maximum atomic E-state index is 12.5. The Labute approximate surface area is 199 Å². The number of rotatable bonds is 7. The van der Waals surface area contributed by atoms with Crippen LogP contribution in [0.1, 0.15) is 46.1 Å². The summed E-state index contributed by atoms with van der Waals surface area (Å²) in [5.74, 6) is 0.899. The van der Waals surface area contributed by atoms with Crippen LogP contribution in [-0.2, 0) is 11.3 Å². The fourth-order valence-corrected chi connectivity index (χ4v) is 3.57. The second kappa shape index (κ2) is 12.7. The number of alkyl halides is 3. The molecule has 2 N–H and O–H groups in total. The molecule has 0 saturated carbocycles. The van der Waals surface area contributed by atoms with E-state index in [9.17, 15) is 13.2 Å². The lowest BCUT2D eigenvalue weighted by molar-refractivity contribution is -0.154. The van der Waals surface area contributed by atoms with Crippen molar-refractivity contribution in [1.29, 1.82) is 0 Å². The van der Waals surface area contributed by atoms with Crippen molar-refractivity contribution in [2.45, 2.75) is 59.4 Å². The van der Waals surface area contributed by atoms with E-state index < -0.39 is 12.8 Å². The highest BCUT2D eigenvalue weighted by atomic mass is 127. The van der Waals surface area contributed by atoms with Crippen molar-refractivity contribution in [2.24, 2.45) is 16.3 Å². The summed E-state index contributed by atoms with van der Waals surface area (Å²) in [4.78, 5) is 8.43. The average Bonchev–Trinajstić information content (AvgIpc) is 2.68. The van der Waals surface area contributed by atoms with Crippen molar-refractivity contribution in [1.82, 2.24) is 15.6 Å². The predicted octanol–water partition coefficient (Wildman–Crippen LogP) is 4.54. The van der Waals surface area contributed by atoms with Crippen molar-refractivity contribution in [3.05, 3.63) is 23.9 Å². The van der Waals surface area contributed by atoms with E-state index in [0.29, 0.717) is 30.5 Å². The third-order valence-corrected chi connectivity index (χ3v) is 4.80. The first-order valence-corrected chi connectivity index (χ1v) is 10.4. The normalized spacial score (nSPS) is 20.0. The predicted molar refractivity (Wildman–Crippen MR) is 126 cm³/mol. The number of pyridine rings is 1. The second-order valence-electron chi connectivity index (χ2n) is 8.51. The van der Waals surface area contributed by atoms with Gasteiger partial charge in [-0.3, -0.25) is 0 Å². The Morgan fingerprint density at radius 2 is 2.03 bits per heavy atom. The quantitative estimate of drug-likeness (QED) is 0.293. The van der Waals surface area contributed by atoms with Crippen molar-refractivity contribution < 1.29 is 22.6 Å². The Morgan fingerprint density at radius 3 is 2.68 bits per heavy atom. The lowest BCUT2D eigenvalue weighted by atomic mass is 9.78. The number of aromatic nitrogens is 1. The lowest BCUT2D eigenvalue weighted by Crippen LogP contribution is -2.47. The fraction of sp³-hybridized carbons (Fsp3) is 0.714. The van der Waals surface area contributed by atoms with Crippen LogP contribution in [0.5, 0.6) is 5.88 Å². The van der Waals surface area contributed by atoms with Gasteiger partial charge < -0.3 is 20.1 Å². The number of ether oxygens (including phenoxy) is 2. The average molecular weight is 558 g/mol. The van der Waals surface area contributed by atoms with Gasteiger partial charge in [0.15, 0.2) is 12.6 Å². The van der Waals surface area contributed by atoms with E-state index >= 15 is 0 Å². The van der Waals surface area contributed by atoms with Crippen LogP contribution in [0.3, 0.4) is 0 Å². The molecule has 0 amide bonds. The highest BCUT2D eigenvalue weighted by Gasteiger charge is 2.35. The Kier molecular flexibility index (Phi) is 11.3. The van der Waals surface area contributed by atoms with E-state index in [1.54, 1.807) is 12.1 Å². The van der Waals surface area contributed by atoms with Gasteiger partial charge in [-0.2, -0.15) is 13.2 Å². The number of hydrogen-bond donors (Lipinski definition) is 2. The third kappa shape index (κ3) is 9.80. The monoisotopic (exact) mass is 558 g/mol. The smallest absolute Gasteiger partial charge is 0.422 e. The highest BCUT2D eigenvalue weighted by molar-refractivity contribution is 14.0. The molecule has 2 atom stereocenters. The van der Waals surface area contributed by atoms with Gasteiger partial charge in [0.25, 0.3) is 0 Å². The number of nitrogens with zero attached hydrogens (tertiary/aromatic N) is 2. The zero-order valence-electron chi connectivity index (χ0n) is 18.6. The first-order valence-electron chi connectivity index (χ1n) is 10.4. The minimum atomic E-state index is -4.42. The standard InChI is InChI=1S/C21H33F3N4O2.HI/c1-5-25-19(27-12-15-9-7-11-29-17(15)20(2,3)4)28-13-16-8-6-10-26-18(16)30-14-21(22,23)24;/h6,8,10,15,17H,5,7,9,11-14H2,1-4H3,(H2,25,27,28);1H. The Morgan fingerprint density at radius 1 is 1.29 bits per heavy atom. The van der Waals surface area contributed by atoms with Crippen LogP contribution in [0, 0.1) is 11.3 Å². The first kappa shape index (κ1) is 27.7. The summed E-state index contributed by atoms with van der Waals surface area (Å²) in [6.07, 6.45) is -0.755. The maximum absolute atomic E-state index is 12.5. The number of guanidine groups is 1. The molecule has 1 saturated heterocycles. The van der Waals surface area contributed by atoms with Gasteiger partial charge in [0.2, 0.25) is 5.88 Å². The molecule has 31 heavy (non-hydrogen) atoms. The molecule has 0 aliphatic carbocycles. The summed E-state index contributed by atoms with van der Waals surface area (Å²) in [7, 11) is 0. The van der Waals surface area contributed by atoms with E-state index in [2.05, 4.69) is 41.4 Å². The van der Waals surface area contributed by atoms with Crippen LogP contribution in [0.25, 0.3) is 0 Å². The Hall–Kier alpha value is -1.30. The van der Waals surface area contributed by atoms with Crippen molar-refractivity contribution in [3.8, 4) is 5.88 Å². The number of halogens is 4. The topological polar surface area (TPSA) is 67.8 Å². The molecule has 178 valence electrons. The molecule has 1 aliphatic rings. The zero-order chi connectivity index (χ0) is 22.2. The molecule has 2 unspecified atom stereocenters. The van der Waals surface area contributed by atoms with Crippen LogP contribution >= 0.6 is 24.0 Å². The molecule has 2 heterocycles. The lowest BCUT2D eigenvalue weighted by Gasteiger charge is -2.40.